The minimum absolute atomic E-state index is 0.0303. The Morgan fingerprint density at radius 3 is 2.95 bits per heavy atom. The van der Waals surface area contributed by atoms with Crippen LogP contribution in [0.15, 0.2) is 41.1 Å². The van der Waals surface area contributed by atoms with E-state index in [2.05, 4.69) is 20.9 Å². The molecule has 1 aliphatic rings. The highest BCUT2D eigenvalue weighted by Crippen LogP contribution is 2.30. The molecule has 0 spiro atoms. The summed E-state index contributed by atoms with van der Waals surface area (Å²) >= 11 is 3.33. The molecule has 0 aliphatic carbocycles. The molecule has 0 bridgehead atoms. The Kier molecular flexibility index (Phi) is 2.98. The van der Waals surface area contributed by atoms with Gasteiger partial charge in [0.1, 0.15) is 0 Å². The summed E-state index contributed by atoms with van der Waals surface area (Å²) in [7, 11) is 0. The van der Waals surface area contributed by atoms with Gasteiger partial charge in [0, 0.05) is 34.8 Å². The second-order valence-corrected chi connectivity index (χ2v) is 5.40. The van der Waals surface area contributed by atoms with Crippen molar-refractivity contribution < 1.29 is 4.79 Å². The van der Waals surface area contributed by atoms with Gasteiger partial charge in [-0.15, -0.1) is 0 Å². The number of carbonyl (C=O) groups is 1. The Bertz CT molecular complexity index is 657. The third-order valence-electron chi connectivity index (χ3n) is 3.20. The quantitative estimate of drug-likeness (QED) is 0.822. The maximum Gasteiger partial charge on any atom is 0.259 e. The molecule has 1 aromatic heterocycles. The average Bonchev–Trinajstić information content (AvgIpc) is 2.80. The predicted octanol–water partition coefficient (Wildman–Crippen LogP) is 2.63. The van der Waals surface area contributed by atoms with Crippen LogP contribution in [0.2, 0.25) is 0 Å². The van der Waals surface area contributed by atoms with Crippen LogP contribution in [0.1, 0.15) is 15.9 Å². The van der Waals surface area contributed by atoms with Crippen molar-refractivity contribution in [2.24, 2.45) is 0 Å². The van der Waals surface area contributed by atoms with E-state index in [9.17, 15) is 4.79 Å². The van der Waals surface area contributed by atoms with Gasteiger partial charge in [0.15, 0.2) is 0 Å². The largest absolute Gasteiger partial charge is 0.399 e. The van der Waals surface area contributed by atoms with Gasteiger partial charge in [0.25, 0.3) is 5.91 Å². The lowest BCUT2D eigenvalue weighted by molar-refractivity contribution is 0.0989. The van der Waals surface area contributed by atoms with Crippen molar-refractivity contribution in [1.29, 1.82) is 0 Å². The molecule has 0 saturated carbocycles. The van der Waals surface area contributed by atoms with Crippen LogP contribution >= 0.6 is 15.9 Å². The molecule has 1 aliphatic heterocycles. The van der Waals surface area contributed by atoms with Crippen molar-refractivity contribution in [3.8, 4) is 0 Å². The van der Waals surface area contributed by atoms with Crippen LogP contribution in [0.25, 0.3) is 0 Å². The molecule has 0 unspecified atom stereocenters. The molecule has 2 heterocycles. The number of nitrogen functional groups attached to an aromatic ring is 1. The zero-order chi connectivity index (χ0) is 13.4. The number of aromatic nitrogens is 1. The summed E-state index contributed by atoms with van der Waals surface area (Å²) < 4.78 is 0.801. The smallest absolute Gasteiger partial charge is 0.259 e. The van der Waals surface area contributed by atoms with Gasteiger partial charge in [0.05, 0.1) is 5.56 Å². The van der Waals surface area contributed by atoms with E-state index < -0.39 is 0 Å². The summed E-state index contributed by atoms with van der Waals surface area (Å²) in [4.78, 5) is 18.3. The Balaban J connectivity index is 1.95. The Hall–Kier alpha value is -1.88. The number of halogens is 1. The molecule has 5 heteroatoms. The van der Waals surface area contributed by atoms with Crippen molar-refractivity contribution in [1.82, 2.24) is 4.98 Å². The number of pyridine rings is 1. The summed E-state index contributed by atoms with van der Waals surface area (Å²) in [6, 6.07) is 7.44. The number of carbonyl (C=O) groups excluding carboxylic acids is 1. The Morgan fingerprint density at radius 1 is 1.32 bits per heavy atom. The molecule has 0 radical (unpaired) electrons. The second kappa shape index (κ2) is 4.66. The summed E-state index contributed by atoms with van der Waals surface area (Å²) in [5, 5.41) is 0. The number of hydrogen-bond donors (Lipinski definition) is 1. The first-order valence-electron chi connectivity index (χ1n) is 5.96. The van der Waals surface area contributed by atoms with Crippen molar-refractivity contribution >= 4 is 33.2 Å². The molecule has 96 valence electrons. The summed E-state index contributed by atoms with van der Waals surface area (Å²) in [5.41, 5.74) is 9.14. The number of benzene rings is 1. The highest BCUT2D eigenvalue weighted by Gasteiger charge is 2.25. The molecule has 1 amide bonds. The van der Waals surface area contributed by atoms with Crippen LogP contribution < -0.4 is 10.6 Å². The van der Waals surface area contributed by atoms with Gasteiger partial charge in [0.2, 0.25) is 0 Å². The molecule has 2 N–H and O–H groups in total. The van der Waals surface area contributed by atoms with Crippen molar-refractivity contribution in [3.63, 3.8) is 0 Å². The number of hydrogen-bond acceptors (Lipinski definition) is 3. The summed E-state index contributed by atoms with van der Waals surface area (Å²) in [6.45, 7) is 0.685. The zero-order valence-corrected chi connectivity index (χ0v) is 11.7. The van der Waals surface area contributed by atoms with Crippen LogP contribution in [0.4, 0.5) is 11.4 Å². The molecule has 19 heavy (non-hydrogen) atoms. The van der Waals surface area contributed by atoms with Crippen LogP contribution in [0.3, 0.4) is 0 Å². The first kappa shape index (κ1) is 12.2. The fraction of sp³-hybridized carbons (Fsp3) is 0.143. The Labute approximate surface area is 119 Å². The van der Waals surface area contributed by atoms with Gasteiger partial charge in [-0.25, -0.2) is 0 Å². The number of nitrogens with two attached hydrogens (primary N) is 1. The third-order valence-corrected chi connectivity index (χ3v) is 3.63. The molecule has 3 rings (SSSR count). The number of anilines is 2. The molecular formula is C14H12BrN3O. The van der Waals surface area contributed by atoms with Crippen LogP contribution in [-0.4, -0.2) is 17.4 Å². The number of nitrogens with zero attached hydrogens (tertiary/aromatic N) is 2. The van der Waals surface area contributed by atoms with Crippen LogP contribution in [-0.2, 0) is 6.42 Å². The van der Waals surface area contributed by atoms with Crippen molar-refractivity contribution in [2.45, 2.75) is 6.42 Å². The zero-order valence-electron chi connectivity index (χ0n) is 10.1. The maximum atomic E-state index is 12.5. The van der Waals surface area contributed by atoms with E-state index >= 15 is 0 Å². The summed E-state index contributed by atoms with van der Waals surface area (Å²) in [5.74, 6) is -0.0303. The number of rotatable bonds is 1. The first-order valence-corrected chi connectivity index (χ1v) is 6.75. The van der Waals surface area contributed by atoms with E-state index in [1.807, 2.05) is 18.2 Å². The maximum absolute atomic E-state index is 12.5. The fourth-order valence-electron chi connectivity index (χ4n) is 2.32. The van der Waals surface area contributed by atoms with E-state index in [4.69, 9.17) is 5.73 Å². The molecule has 0 atom stereocenters. The van der Waals surface area contributed by atoms with Gasteiger partial charge in [-0.05, 0) is 52.2 Å². The molecule has 0 saturated heterocycles. The van der Waals surface area contributed by atoms with Gasteiger partial charge >= 0.3 is 0 Å². The minimum Gasteiger partial charge on any atom is -0.399 e. The van der Waals surface area contributed by atoms with Crippen molar-refractivity contribution in [3.05, 3.63) is 52.3 Å². The topological polar surface area (TPSA) is 59.2 Å². The van der Waals surface area contributed by atoms with E-state index in [-0.39, 0.29) is 5.91 Å². The van der Waals surface area contributed by atoms with Gasteiger partial charge in [-0.2, -0.15) is 0 Å². The molecule has 4 nitrogen and oxygen atoms in total. The number of fused-ring (bicyclic) bond motifs is 1. The predicted molar refractivity (Wildman–Crippen MR) is 78.2 cm³/mol. The molecule has 0 fully saturated rings. The standard InChI is InChI=1S/C14H12BrN3O/c15-11-5-10(7-17-8-11)14(19)18-4-3-9-6-12(16)1-2-13(9)18/h1-2,5-8H,3-4,16H2. The monoisotopic (exact) mass is 317 g/mol. The van der Waals surface area contributed by atoms with E-state index in [0.717, 1.165) is 27.8 Å². The molecule has 1 aromatic carbocycles. The van der Waals surface area contributed by atoms with Crippen LogP contribution in [0.5, 0.6) is 0 Å². The fourth-order valence-corrected chi connectivity index (χ4v) is 2.68. The first-order chi connectivity index (χ1) is 9.15. The lowest BCUT2D eigenvalue weighted by Gasteiger charge is -2.17. The third kappa shape index (κ3) is 2.21. The highest BCUT2D eigenvalue weighted by atomic mass is 79.9. The van der Waals surface area contributed by atoms with E-state index in [1.54, 1.807) is 23.4 Å². The second-order valence-electron chi connectivity index (χ2n) is 4.49. The Morgan fingerprint density at radius 2 is 2.16 bits per heavy atom. The normalized spacial score (nSPS) is 13.4. The van der Waals surface area contributed by atoms with E-state index in [0.29, 0.717) is 12.1 Å². The highest BCUT2D eigenvalue weighted by molar-refractivity contribution is 9.10. The minimum atomic E-state index is -0.0303. The van der Waals surface area contributed by atoms with E-state index in [1.165, 1.54) is 0 Å². The summed E-state index contributed by atoms with van der Waals surface area (Å²) in [6.07, 6.45) is 4.09. The SMILES string of the molecule is Nc1ccc2c(c1)CCN2C(=O)c1cncc(Br)c1. The van der Waals surface area contributed by atoms with Crippen LogP contribution in [0, 0.1) is 0 Å². The average molecular weight is 318 g/mol. The molecule has 2 aromatic rings. The lowest BCUT2D eigenvalue weighted by Crippen LogP contribution is -2.28. The lowest BCUT2D eigenvalue weighted by atomic mass is 10.1. The van der Waals surface area contributed by atoms with Gasteiger partial charge in [-0.3, -0.25) is 9.78 Å². The number of amides is 1. The van der Waals surface area contributed by atoms with Gasteiger partial charge < -0.3 is 10.6 Å². The molecular weight excluding hydrogens is 306 g/mol. The van der Waals surface area contributed by atoms with Gasteiger partial charge in [-0.1, -0.05) is 0 Å². The van der Waals surface area contributed by atoms with Crippen molar-refractivity contribution in [2.75, 3.05) is 17.2 Å².